The highest BCUT2D eigenvalue weighted by molar-refractivity contribution is 5.28. The minimum Gasteiger partial charge on any atom is -0.307 e. The van der Waals surface area contributed by atoms with E-state index >= 15 is 0 Å². The van der Waals surface area contributed by atoms with Crippen molar-refractivity contribution in [3.05, 3.63) is 17.0 Å². The summed E-state index contributed by atoms with van der Waals surface area (Å²) in [6.07, 6.45) is 4.07. The highest BCUT2D eigenvalue weighted by atomic mass is 15.3. The SMILES string of the molecule is CCn1nc(C)c(C(C)NC2CCCC(C)C2C)c1C. The van der Waals surface area contributed by atoms with Crippen LogP contribution in [0.3, 0.4) is 0 Å². The third-order valence-corrected chi connectivity index (χ3v) is 5.34. The van der Waals surface area contributed by atoms with Crippen molar-refractivity contribution in [2.24, 2.45) is 11.8 Å². The van der Waals surface area contributed by atoms with E-state index in [1.54, 1.807) is 0 Å². The molecule has 3 nitrogen and oxygen atoms in total. The molecule has 4 atom stereocenters. The molecule has 1 fully saturated rings. The summed E-state index contributed by atoms with van der Waals surface area (Å²) >= 11 is 0. The Labute approximate surface area is 124 Å². The van der Waals surface area contributed by atoms with Gasteiger partial charge in [-0.25, -0.2) is 0 Å². The van der Waals surface area contributed by atoms with Crippen LogP contribution in [0.5, 0.6) is 0 Å². The summed E-state index contributed by atoms with van der Waals surface area (Å²) in [5.41, 5.74) is 3.90. The smallest absolute Gasteiger partial charge is 0.0644 e. The minimum absolute atomic E-state index is 0.396. The first-order valence-corrected chi connectivity index (χ1v) is 8.25. The largest absolute Gasteiger partial charge is 0.307 e. The molecule has 1 aromatic heterocycles. The average molecular weight is 277 g/mol. The first-order valence-electron chi connectivity index (χ1n) is 8.25. The molecule has 1 aliphatic carbocycles. The molecule has 114 valence electrons. The van der Waals surface area contributed by atoms with E-state index in [0.29, 0.717) is 12.1 Å². The number of aromatic nitrogens is 2. The van der Waals surface area contributed by atoms with Gasteiger partial charge in [0.05, 0.1) is 5.69 Å². The maximum atomic E-state index is 4.65. The maximum Gasteiger partial charge on any atom is 0.0644 e. The van der Waals surface area contributed by atoms with Crippen LogP contribution in [0.15, 0.2) is 0 Å². The Kier molecular flexibility index (Phi) is 4.90. The number of aryl methyl sites for hydroxylation is 2. The van der Waals surface area contributed by atoms with E-state index in [1.165, 1.54) is 36.2 Å². The number of rotatable bonds is 4. The molecule has 3 heteroatoms. The van der Waals surface area contributed by atoms with Gasteiger partial charge < -0.3 is 5.32 Å². The third kappa shape index (κ3) is 2.93. The lowest BCUT2D eigenvalue weighted by atomic mass is 9.77. The van der Waals surface area contributed by atoms with E-state index in [0.717, 1.165) is 18.4 Å². The van der Waals surface area contributed by atoms with Crippen LogP contribution >= 0.6 is 0 Å². The molecule has 4 unspecified atom stereocenters. The lowest BCUT2D eigenvalue weighted by Gasteiger charge is -2.36. The second-order valence-electron chi connectivity index (χ2n) is 6.66. The molecule has 0 bridgehead atoms. The predicted octanol–water partition coefficient (Wildman–Crippen LogP) is 4.00. The van der Waals surface area contributed by atoms with Crippen molar-refractivity contribution >= 4 is 0 Å². The normalized spacial score (nSPS) is 28.6. The monoisotopic (exact) mass is 277 g/mol. The van der Waals surface area contributed by atoms with Gasteiger partial charge in [-0.3, -0.25) is 4.68 Å². The van der Waals surface area contributed by atoms with Crippen molar-refractivity contribution in [3.63, 3.8) is 0 Å². The highest BCUT2D eigenvalue weighted by Crippen LogP contribution is 2.32. The summed E-state index contributed by atoms with van der Waals surface area (Å²) in [6, 6.07) is 1.05. The van der Waals surface area contributed by atoms with Crippen molar-refractivity contribution in [2.75, 3.05) is 0 Å². The van der Waals surface area contributed by atoms with Gasteiger partial charge in [-0.2, -0.15) is 5.10 Å². The Hall–Kier alpha value is -0.830. The zero-order valence-corrected chi connectivity index (χ0v) is 14.0. The molecule has 1 N–H and O–H groups in total. The van der Waals surface area contributed by atoms with E-state index < -0.39 is 0 Å². The van der Waals surface area contributed by atoms with Crippen LogP contribution < -0.4 is 5.32 Å². The molecule has 0 amide bonds. The first-order chi connectivity index (χ1) is 9.45. The van der Waals surface area contributed by atoms with Crippen LogP contribution in [0.25, 0.3) is 0 Å². The van der Waals surface area contributed by atoms with Gasteiger partial charge in [0, 0.05) is 29.9 Å². The molecule has 1 saturated carbocycles. The van der Waals surface area contributed by atoms with Crippen molar-refractivity contribution in [1.29, 1.82) is 0 Å². The fraction of sp³-hybridized carbons (Fsp3) is 0.824. The predicted molar refractivity (Wildman–Crippen MR) is 84.9 cm³/mol. The van der Waals surface area contributed by atoms with Crippen molar-refractivity contribution in [1.82, 2.24) is 15.1 Å². The van der Waals surface area contributed by atoms with Crippen LogP contribution in [-0.2, 0) is 6.54 Å². The van der Waals surface area contributed by atoms with Gasteiger partial charge in [0.25, 0.3) is 0 Å². The molecule has 1 aliphatic rings. The van der Waals surface area contributed by atoms with Gasteiger partial charge in [0.2, 0.25) is 0 Å². The van der Waals surface area contributed by atoms with Gasteiger partial charge in [-0.1, -0.05) is 26.7 Å². The summed E-state index contributed by atoms with van der Waals surface area (Å²) < 4.78 is 2.12. The summed E-state index contributed by atoms with van der Waals surface area (Å²) in [4.78, 5) is 0. The van der Waals surface area contributed by atoms with Crippen LogP contribution in [-0.4, -0.2) is 15.8 Å². The van der Waals surface area contributed by atoms with E-state index in [4.69, 9.17) is 0 Å². The van der Waals surface area contributed by atoms with Crippen LogP contribution in [0.1, 0.15) is 70.0 Å². The average Bonchev–Trinajstić information content (AvgIpc) is 2.69. The number of hydrogen-bond donors (Lipinski definition) is 1. The van der Waals surface area contributed by atoms with Gasteiger partial charge in [-0.05, 0) is 46.0 Å². The molecule has 0 saturated heterocycles. The van der Waals surface area contributed by atoms with E-state index in [-0.39, 0.29) is 0 Å². The van der Waals surface area contributed by atoms with Crippen molar-refractivity contribution in [2.45, 2.75) is 79.4 Å². The number of nitrogens with zero attached hydrogens (tertiary/aromatic N) is 2. The fourth-order valence-corrected chi connectivity index (χ4v) is 3.87. The molecule has 1 heterocycles. The fourth-order valence-electron chi connectivity index (χ4n) is 3.87. The number of nitrogens with one attached hydrogen (secondary N) is 1. The lowest BCUT2D eigenvalue weighted by molar-refractivity contribution is 0.196. The van der Waals surface area contributed by atoms with Crippen LogP contribution in [0, 0.1) is 25.7 Å². The zero-order chi connectivity index (χ0) is 14.9. The van der Waals surface area contributed by atoms with Gasteiger partial charge in [0.1, 0.15) is 0 Å². The van der Waals surface area contributed by atoms with E-state index in [1.807, 2.05) is 0 Å². The first kappa shape index (κ1) is 15.6. The Morgan fingerprint density at radius 3 is 2.60 bits per heavy atom. The number of hydrogen-bond acceptors (Lipinski definition) is 2. The van der Waals surface area contributed by atoms with Crippen LogP contribution in [0.4, 0.5) is 0 Å². The third-order valence-electron chi connectivity index (χ3n) is 5.34. The molecular formula is C17H31N3. The van der Waals surface area contributed by atoms with Crippen molar-refractivity contribution < 1.29 is 0 Å². The van der Waals surface area contributed by atoms with Gasteiger partial charge in [0.15, 0.2) is 0 Å². The zero-order valence-electron chi connectivity index (χ0n) is 14.0. The molecule has 0 aliphatic heterocycles. The second kappa shape index (κ2) is 6.30. The molecular weight excluding hydrogens is 246 g/mol. The molecule has 1 aromatic rings. The Balaban J connectivity index is 2.12. The van der Waals surface area contributed by atoms with Gasteiger partial charge >= 0.3 is 0 Å². The summed E-state index contributed by atoms with van der Waals surface area (Å²) in [5, 5.41) is 8.53. The molecule has 0 radical (unpaired) electrons. The summed E-state index contributed by atoms with van der Waals surface area (Å²) in [6.45, 7) is 14.5. The Bertz CT molecular complexity index is 449. The maximum absolute atomic E-state index is 4.65. The van der Waals surface area contributed by atoms with Crippen molar-refractivity contribution in [3.8, 4) is 0 Å². The Morgan fingerprint density at radius 1 is 1.30 bits per heavy atom. The molecule has 2 rings (SSSR count). The minimum atomic E-state index is 0.396. The Morgan fingerprint density at radius 2 is 2.00 bits per heavy atom. The standard InChI is InChI=1S/C17H31N3/c1-7-20-15(6)17(14(5)19-20)13(4)18-16-10-8-9-11(2)12(16)3/h11-13,16,18H,7-10H2,1-6H3. The van der Waals surface area contributed by atoms with E-state index in [9.17, 15) is 0 Å². The molecule has 0 aromatic carbocycles. The molecule has 0 spiro atoms. The van der Waals surface area contributed by atoms with E-state index in [2.05, 4.69) is 56.6 Å². The second-order valence-corrected chi connectivity index (χ2v) is 6.66. The quantitative estimate of drug-likeness (QED) is 0.901. The topological polar surface area (TPSA) is 29.9 Å². The highest BCUT2D eigenvalue weighted by Gasteiger charge is 2.29. The summed E-state index contributed by atoms with van der Waals surface area (Å²) in [7, 11) is 0. The summed E-state index contributed by atoms with van der Waals surface area (Å²) in [5.74, 6) is 1.61. The lowest BCUT2D eigenvalue weighted by Crippen LogP contribution is -2.41. The molecule has 20 heavy (non-hydrogen) atoms. The van der Waals surface area contributed by atoms with Crippen LogP contribution in [0.2, 0.25) is 0 Å². The van der Waals surface area contributed by atoms with Gasteiger partial charge in [-0.15, -0.1) is 0 Å².